The van der Waals surface area contributed by atoms with E-state index in [1.165, 1.54) is 32.1 Å². The van der Waals surface area contributed by atoms with Crippen LogP contribution in [0.5, 0.6) is 0 Å². The molecule has 4 saturated carbocycles. The minimum Gasteiger partial charge on any atom is -0.341 e. The quantitative estimate of drug-likeness (QED) is 0.678. The molecule has 5 aliphatic rings. The maximum Gasteiger partial charge on any atom is 0.226 e. The molecule has 1 aliphatic heterocycles. The normalized spacial score (nSPS) is 50.5. The van der Waals surface area contributed by atoms with Crippen LogP contribution in [-0.4, -0.2) is 29.3 Å². The van der Waals surface area contributed by atoms with Crippen LogP contribution in [0.4, 0.5) is 0 Å². The lowest BCUT2D eigenvalue weighted by molar-refractivity contribution is -0.150. The Morgan fingerprint density at radius 1 is 1.05 bits per heavy atom. The van der Waals surface area contributed by atoms with Crippen molar-refractivity contribution in [2.45, 2.75) is 50.8 Å². The van der Waals surface area contributed by atoms with Crippen LogP contribution in [0.2, 0.25) is 0 Å². The molecule has 5 rings (SSSR count). The molecule has 0 aromatic heterocycles. The first-order valence-corrected chi connectivity index (χ1v) is 8.98. The Morgan fingerprint density at radius 2 is 1.65 bits per heavy atom. The third-order valence-corrected chi connectivity index (χ3v) is 7.26. The third kappa shape index (κ3) is 2.10. The third-order valence-electron chi connectivity index (χ3n) is 6.69. The standard InChI is InChI=1S/C17H26ClNO/c1-10-2-3-19(9-15(10)18)17(20)16-13-5-11-4-12(7-13)8-14(16)6-11/h10-16H,2-9H2,1H3. The van der Waals surface area contributed by atoms with Crippen molar-refractivity contribution >= 4 is 17.5 Å². The molecule has 4 bridgehead atoms. The molecule has 2 unspecified atom stereocenters. The lowest BCUT2D eigenvalue weighted by Gasteiger charge is -2.54. The van der Waals surface area contributed by atoms with E-state index in [2.05, 4.69) is 11.8 Å². The highest BCUT2D eigenvalue weighted by atomic mass is 35.5. The van der Waals surface area contributed by atoms with Gasteiger partial charge >= 0.3 is 0 Å². The summed E-state index contributed by atoms with van der Waals surface area (Å²) in [6, 6.07) is 0. The Hall–Kier alpha value is -0.240. The average molecular weight is 296 g/mol. The first-order chi connectivity index (χ1) is 9.61. The van der Waals surface area contributed by atoms with Gasteiger partial charge in [0.1, 0.15) is 0 Å². The Morgan fingerprint density at radius 3 is 2.20 bits per heavy atom. The summed E-state index contributed by atoms with van der Waals surface area (Å²) in [5, 5.41) is 0.157. The second-order valence-electron chi connectivity index (χ2n) is 8.02. The monoisotopic (exact) mass is 295 g/mol. The van der Waals surface area contributed by atoms with E-state index in [1.54, 1.807) is 0 Å². The zero-order valence-electron chi connectivity index (χ0n) is 12.4. The topological polar surface area (TPSA) is 20.3 Å². The van der Waals surface area contributed by atoms with Crippen molar-refractivity contribution in [2.24, 2.45) is 35.5 Å². The summed E-state index contributed by atoms with van der Waals surface area (Å²) in [5.74, 6) is 4.65. The summed E-state index contributed by atoms with van der Waals surface area (Å²) in [7, 11) is 0. The van der Waals surface area contributed by atoms with E-state index >= 15 is 0 Å². The maximum absolute atomic E-state index is 13.0. The second-order valence-corrected chi connectivity index (χ2v) is 8.58. The highest BCUT2D eigenvalue weighted by Gasteiger charge is 2.51. The number of amides is 1. The fraction of sp³-hybridized carbons (Fsp3) is 0.941. The number of hydrogen-bond donors (Lipinski definition) is 0. The summed E-state index contributed by atoms with van der Waals surface area (Å²) in [5.41, 5.74) is 0. The van der Waals surface area contributed by atoms with Crippen LogP contribution in [0.25, 0.3) is 0 Å². The van der Waals surface area contributed by atoms with Crippen LogP contribution < -0.4 is 0 Å². The molecular formula is C17H26ClNO. The van der Waals surface area contributed by atoms with E-state index in [0.29, 0.717) is 29.6 Å². The van der Waals surface area contributed by atoms with E-state index < -0.39 is 0 Å². The molecule has 0 N–H and O–H groups in total. The van der Waals surface area contributed by atoms with Gasteiger partial charge in [0.2, 0.25) is 5.91 Å². The molecule has 0 radical (unpaired) electrons. The highest BCUT2D eigenvalue weighted by molar-refractivity contribution is 6.21. The van der Waals surface area contributed by atoms with E-state index in [-0.39, 0.29) is 5.38 Å². The maximum atomic E-state index is 13.0. The number of carbonyl (C=O) groups is 1. The summed E-state index contributed by atoms with van der Waals surface area (Å²) in [6.45, 7) is 3.93. The van der Waals surface area contributed by atoms with Crippen molar-refractivity contribution in [2.75, 3.05) is 13.1 Å². The minimum absolute atomic E-state index is 0.157. The SMILES string of the molecule is CC1CCN(C(=O)C2C3CC4CC(C3)CC2C4)CC1Cl. The number of carbonyl (C=O) groups excluding carboxylic acids is 1. The van der Waals surface area contributed by atoms with E-state index in [4.69, 9.17) is 11.6 Å². The zero-order valence-corrected chi connectivity index (χ0v) is 13.2. The molecule has 3 heteroatoms. The molecule has 0 aromatic carbocycles. The molecule has 2 atom stereocenters. The molecule has 20 heavy (non-hydrogen) atoms. The molecule has 112 valence electrons. The van der Waals surface area contributed by atoms with Crippen molar-refractivity contribution in [3.8, 4) is 0 Å². The van der Waals surface area contributed by atoms with Gasteiger partial charge in [-0.3, -0.25) is 4.79 Å². The first-order valence-electron chi connectivity index (χ1n) is 8.54. The summed E-state index contributed by atoms with van der Waals surface area (Å²) in [6.07, 6.45) is 7.86. The Labute approximate surface area is 127 Å². The van der Waals surface area contributed by atoms with E-state index in [1.807, 2.05) is 0 Å². The number of rotatable bonds is 1. The number of nitrogens with zero attached hydrogens (tertiary/aromatic N) is 1. The molecule has 0 spiro atoms. The number of likely N-dealkylation sites (tertiary alicyclic amines) is 1. The fourth-order valence-electron chi connectivity index (χ4n) is 5.76. The van der Waals surface area contributed by atoms with Gasteiger partial charge in [-0.15, -0.1) is 11.6 Å². The van der Waals surface area contributed by atoms with Gasteiger partial charge in [0.15, 0.2) is 0 Å². The summed E-state index contributed by atoms with van der Waals surface area (Å²) in [4.78, 5) is 15.1. The van der Waals surface area contributed by atoms with Gasteiger partial charge in [0.25, 0.3) is 0 Å². The predicted octanol–water partition coefficient (Wildman–Crippen LogP) is 3.53. The van der Waals surface area contributed by atoms with Gasteiger partial charge in [-0.1, -0.05) is 6.92 Å². The molecular weight excluding hydrogens is 270 g/mol. The number of alkyl halides is 1. The average Bonchev–Trinajstić information content (AvgIpc) is 2.40. The van der Waals surface area contributed by atoms with Crippen molar-refractivity contribution in [3.63, 3.8) is 0 Å². The number of hydrogen-bond acceptors (Lipinski definition) is 1. The smallest absolute Gasteiger partial charge is 0.226 e. The summed E-state index contributed by atoms with van der Waals surface area (Å²) >= 11 is 6.40. The van der Waals surface area contributed by atoms with Crippen molar-refractivity contribution in [1.29, 1.82) is 0 Å². The van der Waals surface area contributed by atoms with Crippen LogP contribution in [-0.2, 0) is 4.79 Å². The molecule has 1 heterocycles. The Bertz CT molecular complexity index is 382. The van der Waals surface area contributed by atoms with Gasteiger partial charge < -0.3 is 4.90 Å². The Balaban J connectivity index is 1.49. The van der Waals surface area contributed by atoms with Gasteiger partial charge in [-0.25, -0.2) is 0 Å². The van der Waals surface area contributed by atoms with Crippen LogP contribution in [0.1, 0.15) is 45.4 Å². The molecule has 1 amide bonds. The van der Waals surface area contributed by atoms with Crippen LogP contribution in [0, 0.1) is 35.5 Å². The van der Waals surface area contributed by atoms with Crippen LogP contribution in [0.3, 0.4) is 0 Å². The van der Waals surface area contributed by atoms with Gasteiger partial charge in [0.05, 0.1) is 5.38 Å². The molecule has 4 aliphatic carbocycles. The van der Waals surface area contributed by atoms with E-state index in [0.717, 1.165) is 31.3 Å². The van der Waals surface area contributed by atoms with Gasteiger partial charge in [-0.05, 0) is 68.1 Å². The van der Waals surface area contributed by atoms with Crippen LogP contribution >= 0.6 is 11.6 Å². The fourth-order valence-corrected chi connectivity index (χ4v) is 6.05. The second kappa shape index (κ2) is 4.90. The first kappa shape index (κ1) is 13.4. The minimum atomic E-state index is 0.157. The van der Waals surface area contributed by atoms with Crippen molar-refractivity contribution in [1.82, 2.24) is 4.90 Å². The predicted molar refractivity (Wildman–Crippen MR) is 80.5 cm³/mol. The lowest BCUT2D eigenvalue weighted by atomic mass is 9.51. The molecule has 1 saturated heterocycles. The van der Waals surface area contributed by atoms with Gasteiger partial charge in [0, 0.05) is 19.0 Å². The van der Waals surface area contributed by atoms with Crippen molar-refractivity contribution < 1.29 is 4.79 Å². The largest absolute Gasteiger partial charge is 0.341 e. The zero-order chi connectivity index (χ0) is 13.9. The number of piperidine rings is 1. The molecule has 5 fully saturated rings. The lowest BCUT2D eigenvalue weighted by Crippen LogP contribution is -2.54. The highest BCUT2D eigenvalue weighted by Crippen LogP contribution is 2.57. The number of halogens is 1. The van der Waals surface area contributed by atoms with E-state index in [9.17, 15) is 4.79 Å². The molecule has 0 aromatic rings. The van der Waals surface area contributed by atoms with Crippen molar-refractivity contribution in [3.05, 3.63) is 0 Å². The summed E-state index contributed by atoms with van der Waals surface area (Å²) < 4.78 is 0. The van der Waals surface area contributed by atoms with Crippen LogP contribution in [0.15, 0.2) is 0 Å². The molecule has 2 nitrogen and oxygen atoms in total. The Kier molecular flexibility index (Phi) is 3.29. The van der Waals surface area contributed by atoms with Gasteiger partial charge in [-0.2, -0.15) is 0 Å².